The van der Waals surface area contributed by atoms with E-state index >= 15 is 0 Å². The van der Waals surface area contributed by atoms with Crippen LogP contribution in [-0.2, 0) is 4.74 Å². The molecule has 1 aliphatic rings. The highest BCUT2D eigenvalue weighted by Gasteiger charge is 2.51. The van der Waals surface area contributed by atoms with Crippen molar-refractivity contribution in [1.29, 1.82) is 5.26 Å². The van der Waals surface area contributed by atoms with Crippen molar-refractivity contribution in [3.63, 3.8) is 0 Å². The number of aliphatic hydroxyl groups is 1. The summed E-state index contributed by atoms with van der Waals surface area (Å²) >= 11 is 0. The van der Waals surface area contributed by atoms with E-state index in [1.807, 2.05) is 6.07 Å². The molecule has 0 aromatic carbocycles. The summed E-state index contributed by atoms with van der Waals surface area (Å²) in [6, 6.07) is 1.94. The van der Waals surface area contributed by atoms with E-state index in [9.17, 15) is 0 Å². The first-order valence-corrected chi connectivity index (χ1v) is 2.96. The molecule has 0 amide bonds. The lowest BCUT2D eigenvalue weighted by Gasteiger charge is -1.97. The zero-order chi connectivity index (χ0) is 6.91. The van der Waals surface area contributed by atoms with Crippen LogP contribution in [0.3, 0.4) is 0 Å². The van der Waals surface area contributed by atoms with E-state index in [0.29, 0.717) is 12.8 Å². The van der Waals surface area contributed by atoms with Crippen LogP contribution < -0.4 is 0 Å². The van der Waals surface area contributed by atoms with Gasteiger partial charge in [0, 0.05) is 12.8 Å². The highest BCUT2D eigenvalue weighted by Crippen LogP contribution is 2.36. The Balaban J connectivity index is 2.23. The molecule has 3 nitrogen and oxygen atoms in total. The molecule has 3 heteroatoms. The third-order valence-electron chi connectivity index (χ3n) is 1.55. The van der Waals surface area contributed by atoms with Gasteiger partial charge >= 0.3 is 0 Å². The molecular formula is C6H9NO2. The molecule has 0 saturated carbocycles. The largest absolute Gasteiger partial charge is 0.363 e. The van der Waals surface area contributed by atoms with Gasteiger partial charge in [0.2, 0.25) is 0 Å². The minimum Gasteiger partial charge on any atom is -0.363 e. The molecule has 0 aromatic heterocycles. The van der Waals surface area contributed by atoms with Crippen molar-refractivity contribution >= 4 is 0 Å². The van der Waals surface area contributed by atoms with Gasteiger partial charge in [-0.1, -0.05) is 0 Å². The molecule has 0 spiro atoms. The normalized spacial score (nSPS) is 39.9. The number of ether oxygens (including phenoxy) is 1. The number of nitriles is 1. The fourth-order valence-electron chi connectivity index (χ4n) is 0.769. The van der Waals surface area contributed by atoms with Gasteiger partial charge in [0.1, 0.15) is 6.10 Å². The molecule has 0 radical (unpaired) electrons. The molecule has 50 valence electrons. The van der Waals surface area contributed by atoms with Crippen LogP contribution in [0.1, 0.15) is 19.8 Å². The molecule has 1 saturated heterocycles. The molecule has 1 N–H and O–H groups in total. The maximum Gasteiger partial charge on any atom is 0.193 e. The SMILES string of the molecule is CC1OC1(O)CCC#N. The van der Waals surface area contributed by atoms with Gasteiger partial charge < -0.3 is 9.84 Å². The summed E-state index contributed by atoms with van der Waals surface area (Å²) in [6.07, 6.45) is 0.719. The Bertz CT molecular complexity index is 152. The Hall–Kier alpha value is -0.590. The Morgan fingerprint density at radius 3 is 2.78 bits per heavy atom. The fraction of sp³-hybridized carbons (Fsp3) is 0.833. The van der Waals surface area contributed by atoms with E-state index < -0.39 is 5.79 Å². The first-order valence-electron chi connectivity index (χ1n) is 2.96. The number of hydrogen-bond donors (Lipinski definition) is 1. The van der Waals surface area contributed by atoms with Gasteiger partial charge in [0.05, 0.1) is 6.07 Å². The molecule has 0 bridgehead atoms. The first-order chi connectivity index (χ1) is 4.19. The van der Waals surface area contributed by atoms with E-state index in [0.717, 1.165) is 0 Å². The van der Waals surface area contributed by atoms with Gasteiger partial charge in [0.15, 0.2) is 5.79 Å². The van der Waals surface area contributed by atoms with E-state index in [2.05, 4.69) is 0 Å². The van der Waals surface area contributed by atoms with Crippen LogP contribution in [-0.4, -0.2) is 17.0 Å². The Morgan fingerprint density at radius 1 is 1.89 bits per heavy atom. The zero-order valence-corrected chi connectivity index (χ0v) is 5.29. The smallest absolute Gasteiger partial charge is 0.193 e. The minimum absolute atomic E-state index is 0.0779. The van der Waals surface area contributed by atoms with E-state index in [4.69, 9.17) is 15.1 Å². The number of rotatable bonds is 2. The van der Waals surface area contributed by atoms with Crippen molar-refractivity contribution in [2.45, 2.75) is 31.7 Å². The summed E-state index contributed by atoms with van der Waals surface area (Å²) < 4.78 is 4.81. The van der Waals surface area contributed by atoms with Crippen LogP contribution in [0.4, 0.5) is 0 Å². The van der Waals surface area contributed by atoms with Crippen molar-refractivity contribution in [3.8, 4) is 6.07 Å². The maximum absolute atomic E-state index is 9.16. The summed E-state index contributed by atoms with van der Waals surface area (Å²) in [6.45, 7) is 1.79. The maximum atomic E-state index is 9.16. The predicted octanol–water partition coefficient (Wildman–Crippen LogP) is 0.397. The second kappa shape index (κ2) is 1.98. The first kappa shape index (κ1) is 6.53. The second-order valence-corrected chi connectivity index (χ2v) is 2.26. The lowest BCUT2D eigenvalue weighted by Crippen LogP contribution is -2.11. The van der Waals surface area contributed by atoms with E-state index in [1.54, 1.807) is 6.92 Å². The van der Waals surface area contributed by atoms with Gasteiger partial charge in [-0.15, -0.1) is 0 Å². The molecule has 2 atom stereocenters. The topological polar surface area (TPSA) is 56.5 Å². The summed E-state index contributed by atoms with van der Waals surface area (Å²) in [5.74, 6) is -0.963. The second-order valence-electron chi connectivity index (χ2n) is 2.26. The average molecular weight is 127 g/mol. The Labute approximate surface area is 53.9 Å². The molecule has 1 fully saturated rings. The van der Waals surface area contributed by atoms with Gasteiger partial charge in [-0.25, -0.2) is 0 Å². The van der Waals surface area contributed by atoms with Crippen LogP contribution in [0.5, 0.6) is 0 Å². The average Bonchev–Trinajstić information content (AvgIpc) is 2.38. The van der Waals surface area contributed by atoms with Gasteiger partial charge in [-0.3, -0.25) is 0 Å². The van der Waals surface area contributed by atoms with Crippen LogP contribution in [0.2, 0.25) is 0 Å². The third kappa shape index (κ3) is 1.21. The highest BCUT2D eigenvalue weighted by atomic mass is 16.7. The summed E-state index contributed by atoms with van der Waals surface area (Å²) in [5, 5.41) is 17.3. The Kier molecular flexibility index (Phi) is 1.43. The highest BCUT2D eigenvalue weighted by molar-refractivity contribution is 4.91. The lowest BCUT2D eigenvalue weighted by molar-refractivity contribution is 0.0300. The monoisotopic (exact) mass is 127 g/mol. The molecule has 9 heavy (non-hydrogen) atoms. The van der Waals surface area contributed by atoms with Crippen molar-refractivity contribution in [2.75, 3.05) is 0 Å². The minimum atomic E-state index is -0.963. The molecular weight excluding hydrogens is 118 g/mol. The number of hydrogen-bond acceptors (Lipinski definition) is 3. The fourth-order valence-corrected chi connectivity index (χ4v) is 0.769. The molecule has 2 unspecified atom stereocenters. The van der Waals surface area contributed by atoms with E-state index in [1.165, 1.54) is 0 Å². The van der Waals surface area contributed by atoms with Crippen LogP contribution in [0.15, 0.2) is 0 Å². The standard InChI is InChI=1S/C6H9NO2/c1-5-6(8,9-5)3-2-4-7/h5,8H,2-3H2,1H3. The van der Waals surface area contributed by atoms with Gasteiger partial charge in [-0.05, 0) is 6.92 Å². The zero-order valence-electron chi connectivity index (χ0n) is 5.29. The van der Waals surface area contributed by atoms with Gasteiger partial charge in [0.25, 0.3) is 0 Å². The summed E-state index contributed by atoms with van der Waals surface area (Å²) in [4.78, 5) is 0. The van der Waals surface area contributed by atoms with Crippen LogP contribution >= 0.6 is 0 Å². The quantitative estimate of drug-likeness (QED) is 0.546. The van der Waals surface area contributed by atoms with E-state index in [-0.39, 0.29) is 6.10 Å². The van der Waals surface area contributed by atoms with Crippen LogP contribution in [0, 0.1) is 11.3 Å². The van der Waals surface area contributed by atoms with Crippen molar-refractivity contribution in [1.82, 2.24) is 0 Å². The third-order valence-corrected chi connectivity index (χ3v) is 1.55. The summed E-state index contributed by atoms with van der Waals surface area (Å²) in [5.41, 5.74) is 0. The van der Waals surface area contributed by atoms with Crippen molar-refractivity contribution < 1.29 is 9.84 Å². The molecule has 1 rings (SSSR count). The Morgan fingerprint density at radius 2 is 2.44 bits per heavy atom. The van der Waals surface area contributed by atoms with Crippen LogP contribution in [0.25, 0.3) is 0 Å². The molecule has 0 aliphatic carbocycles. The van der Waals surface area contributed by atoms with Crippen molar-refractivity contribution in [2.24, 2.45) is 0 Å². The molecule has 0 aromatic rings. The van der Waals surface area contributed by atoms with Gasteiger partial charge in [-0.2, -0.15) is 5.26 Å². The number of nitrogens with zero attached hydrogens (tertiary/aromatic N) is 1. The predicted molar refractivity (Wildman–Crippen MR) is 30.3 cm³/mol. The number of epoxide rings is 1. The van der Waals surface area contributed by atoms with Crippen molar-refractivity contribution in [3.05, 3.63) is 0 Å². The lowest BCUT2D eigenvalue weighted by atomic mass is 10.2. The summed E-state index contributed by atoms with van der Waals surface area (Å²) in [7, 11) is 0. The molecule has 1 aliphatic heterocycles. The molecule has 1 heterocycles.